The van der Waals surface area contributed by atoms with Crippen LogP contribution in [0.4, 0.5) is 19.3 Å². The van der Waals surface area contributed by atoms with Gasteiger partial charge in [-0.1, -0.05) is 0 Å². The number of carbonyl (C=O) groups is 2. The van der Waals surface area contributed by atoms with E-state index in [0.29, 0.717) is 6.07 Å². The van der Waals surface area contributed by atoms with Crippen molar-refractivity contribution >= 4 is 17.7 Å². The molecule has 2 amide bonds. The fourth-order valence-electron chi connectivity index (χ4n) is 2.07. The maximum atomic E-state index is 13.5. The molecule has 3 N–H and O–H groups in total. The van der Waals surface area contributed by atoms with Gasteiger partial charge in [-0.25, -0.2) is 18.4 Å². The third-order valence-electron chi connectivity index (χ3n) is 3.41. The monoisotopic (exact) mass is 284 g/mol. The Morgan fingerprint density at radius 1 is 1.25 bits per heavy atom. The minimum atomic E-state index is -1.53. The molecule has 0 radical (unpaired) electrons. The van der Waals surface area contributed by atoms with E-state index in [1.807, 2.05) is 6.92 Å². The van der Waals surface area contributed by atoms with Crippen LogP contribution < -0.4 is 10.6 Å². The average molecular weight is 284 g/mol. The van der Waals surface area contributed by atoms with E-state index in [9.17, 15) is 18.4 Å². The number of carbonyl (C=O) groups excluding carboxylic acids is 1. The zero-order valence-electron chi connectivity index (χ0n) is 10.8. The zero-order chi connectivity index (χ0) is 14.9. The highest BCUT2D eigenvalue weighted by molar-refractivity contribution is 5.93. The van der Waals surface area contributed by atoms with Gasteiger partial charge in [-0.2, -0.15) is 0 Å². The number of carboxylic acid groups (broad SMARTS) is 1. The highest BCUT2D eigenvalue weighted by Gasteiger charge is 2.33. The Balaban J connectivity index is 2.14. The Kier molecular flexibility index (Phi) is 3.61. The summed E-state index contributed by atoms with van der Waals surface area (Å²) in [5.74, 6) is -3.75. The molecule has 1 aliphatic rings. The maximum absolute atomic E-state index is 13.5. The molecule has 0 aromatic heterocycles. The maximum Gasteiger partial charge on any atom is 0.338 e. The summed E-state index contributed by atoms with van der Waals surface area (Å²) in [6.07, 6.45) is 2.66. The Hall–Kier alpha value is -2.18. The van der Waals surface area contributed by atoms with Gasteiger partial charge in [0, 0.05) is 11.6 Å². The van der Waals surface area contributed by atoms with Crippen LogP contribution in [-0.4, -0.2) is 22.6 Å². The Bertz CT molecular complexity index is 571. The molecule has 0 atom stereocenters. The summed E-state index contributed by atoms with van der Waals surface area (Å²) in [5, 5.41) is 13.6. The van der Waals surface area contributed by atoms with E-state index in [1.165, 1.54) is 0 Å². The molecule has 1 aliphatic carbocycles. The fourth-order valence-corrected chi connectivity index (χ4v) is 2.07. The number of hydrogen-bond donors (Lipinski definition) is 3. The van der Waals surface area contributed by atoms with Gasteiger partial charge in [-0.15, -0.1) is 0 Å². The second kappa shape index (κ2) is 5.07. The van der Waals surface area contributed by atoms with Crippen LogP contribution in [-0.2, 0) is 0 Å². The molecule has 0 spiro atoms. The minimum absolute atomic E-state index is 0.323. The zero-order valence-corrected chi connectivity index (χ0v) is 10.8. The van der Waals surface area contributed by atoms with Crippen molar-refractivity contribution in [2.24, 2.45) is 0 Å². The van der Waals surface area contributed by atoms with Crippen LogP contribution in [0, 0.1) is 11.6 Å². The highest BCUT2D eigenvalue weighted by atomic mass is 19.1. The molecular formula is C13H14F2N2O3. The van der Waals surface area contributed by atoms with Gasteiger partial charge in [0.25, 0.3) is 0 Å². The molecule has 1 aromatic rings. The summed E-state index contributed by atoms with van der Waals surface area (Å²) >= 11 is 0. The lowest BCUT2D eigenvalue weighted by atomic mass is 9.79. The number of urea groups is 1. The van der Waals surface area contributed by atoms with Crippen molar-refractivity contribution in [2.75, 3.05) is 5.32 Å². The second-order valence-electron chi connectivity index (χ2n) is 5.11. The van der Waals surface area contributed by atoms with Gasteiger partial charge in [-0.05, 0) is 32.3 Å². The summed E-state index contributed by atoms with van der Waals surface area (Å²) in [7, 11) is 0. The van der Waals surface area contributed by atoms with E-state index in [0.717, 1.165) is 25.3 Å². The van der Waals surface area contributed by atoms with Crippen molar-refractivity contribution in [1.82, 2.24) is 5.32 Å². The van der Waals surface area contributed by atoms with Crippen LogP contribution in [0.3, 0.4) is 0 Å². The van der Waals surface area contributed by atoms with Crippen LogP contribution in [0.25, 0.3) is 0 Å². The molecule has 20 heavy (non-hydrogen) atoms. The van der Waals surface area contributed by atoms with E-state index >= 15 is 0 Å². The number of halogens is 2. The molecule has 1 saturated carbocycles. The van der Waals surface area contributed by atoms with Crippen molar-refractivity contribution in [3.8, 4) is 0 Å². The van der Waals surface area contributed by atoms with Gasteiger partial charge in [0.15, 0.2) is 0 Å². The first-order valence-electron chi connectivity index (χ1n) is 6.12. The van der Waals surface area contributed by atoms with Crippen LogP contribution in [0.5, 0.6) is 0 Å². The minimum Gasteiger partial charge on any atom is -0.478 e. The predicted molar refractivity (Wildman–Crippen MR) is 67.7 cm³/mol. The molecule has 108 valence electrons. The Morgan fingerprint density at radius 3 is 2.40 bits per heavy atom. The molecule has 5 nitrogen and oxygen atoms in total. The topological polar surface area (TPSA) is 78.4 Å². The van der Waals surface area contributed by atoms with E-state index in [-0.39, 0.29) is 11.2 Å². The number of nitrogens with one attached hydrogen (secondary N) is 2. The van der Waals surface area contributed by atoms with Crippen molar-refractivity contribution < 1.29 is 23.5 Å². The molecule has 0 bridgehead atoms. The number of carboxylic acids is 1. The predicted octanol–water partition coefficient (Wildman–Crippen LogP) is 2.73. The highest BCUT2D eigenvalue weighted by Crippen LogP contribution is 2.31. The number of amides is 2. The summed E-state index contributed by atoms with van der Waals surface area (Å²) in [5.41, 5.74) is -1.39. The fraction of sp³-hybridized carbons (Fsp3) is 0.385. The van der Waals surface area contributed by atoms with Crippen LogP contribution in [0.1, 0.15) is 36.5 Å². The number of aromatic carboxylic acids is 1. The van der Waals surface area contributed by atoms with E-state index < -0.39 is 29.2 Å². The quantitative estimate of drug-likeness (QED) is 0.798. The SMILES string of the molecule is CC1(NC(=O)Nc2cc(C(=O)O)c(F)cc2F)CCC1. The number of rotatable bonds is 3. The van der Waals surface area contributed by atoms with Gasteiger partial charge in [-0.3, -0.25) is 0 Å². The molecule has 0 saturated heterocycles. The molecule has 7 heteroatoms. The first-order valence-corrected chi connectivity index (χ1v) is 6.12. The summed E-state index contributed by atoms with van der Waals surface area (Å²) in [4.78, 5) is 22.5. The molecule has 0 heterocycles. The molecule has 1 fully saturated rings. The van der Waals surface area contributed by atoms with Gasteiger partial charge < -0.3 is 15.7 Å². The molecule has 1 aromatic carbocycles. The number of anilines is 1. The van der Waals surface area contributed by atoms with Crippen molar-refractivity contribution in [3.63, 3.8) is 0 Å². The van der Waals surface area contributed by atoms with E-state index in [2.05, 4.69) is 10.6 Å². The van der Waals surface area contributed by atoms with Gasteiger partial charge in [0.1, 0.15) is 11.6 Å². The molecule has 0 aliphatic heterocycles. The lowest BCUT2D eigenvalue weighted by Gasteiger charge is -2.39. The average Bonchev–Trinajstić information content (AvgIpc) is 2.30. The van der Waals surface area contributed by atoms with Gasteiger partial charge in [0.05, 0.1) is 11.3 Å². The lowest BCUT2D eigenvalue weighted by Crippen LogP contribution is -2.52. The van der Waals surface area contributed by atoms with Crippen LogP contribution >= 0.6 is 0 Å². The normalized spacial score (nSPS) is 16.1. The van der Waals surface area contributed by atoms with Crippen LogP contribution in [0.15, 0.2) is 12.1 Å². The summed E-state index contributed by atoms with van der Waals surface area (Å²) in [6, 6.07) is 0.550. The van der Waals surface area contributed by atoms with E-state index in [1.54, 1.807) is 0 Å². The van der Waals surface area contributed by atoms with Gasteiger partial charge in [0.2, 0.25) is 0 Å². The summed E-state index contributed by atoms with van der Waals surface area (Å²) in [6.45, 7) is 1.86. The van der Waals surface area contributed by atoms with Crippen molar-refractivity contribution in [1.29, 1.82) is 0 Å². The van der Waals surface area contributed by atoms with Crippen LogP contribution in [0.2, 0.25) is 0 Å². The first kappa shape index (κ1) is 14.2. The smallest absolute Gasteiger partial charge is 0.338 e. The molecule has 2 rings (SSSR count). The largest absolute Gasteiger partial charge is 0.478 e. The summed E-state index contributed by atoms with van der Waals surface area (Å²) < 4.78 is 26.7. The standard InChI is InChI=1S/C13H14F2N2O3/c1-13(3-2-4-13)17-12(20)16-10-5-7(11(18)19)8(14)6-9(10)15/h5-6H,2-4H2,1H3,(H,18,19)(H2,16,17,20). The third kappa shape index (κ3) is 2.87. The Morgan fingerprint density at radius 2 is 1.90 bits per heavy atom. The molecular weight excluding hydrogens is 270 g/mol. The first-order chi connectivity index (χ1) is 9.31. The van der Waals surface area contributed by atoms with Gasteiger partial charge >= 0.3 is 12.0 Å². The van der Waals surface area contributed by atoms with Crippen molar-refractivity contribution in [2.45, 2.75) is 31.7 Å². The third-order valence-corrected chi connectivity index (χ3v) is 3.41. The number of hydrogen-bond acceptors (Lipinski definition) is 2. The Labute approximate surface area is 114 Å². The van der Waals surface area contributed by atoms with Crippen molar-refractivity contribution in [3.05, 3.63) is 29.3 Å². The lowest BCUT2D eigenvalue weighted by molar-refractivity contribution is 0.0691. The second-order valence-corrected chi connectivity index (χ2v) is 5.11. The van der Waals surface area contributed by atoms with E-state index in [4.69, 9.17) is 5.11 Å². The molecule has 0 unspecified atom stereocenters. The number of benzene rings is 1.